The molecule has 1 aliphatic carbocycles. The Kier molecular flexibility index (Phi) is 1.70. The molecule has 0 fully saturated rings. The van der Waals surface area contributed by atoms with Crippen molar-refractivity contribution in [3.8, 4) is 0 Å². The maximum atomic E-state index is 10.7. The van der Waals surface area contributed by atoms with Crippen molar-refractivity contribution in [1.29, 1.82) is 0 Å². The van der Waals surface area contributed by atoms with Gasteiger partial charge in [0.05, 0.1) is 0 Å². The number of Topliss-reactive ketones (excluding diaryl/α,β-unsaturated/α-hetero) is 1. The summed E-state index contributed by atoms with van der Waals surface area (Å²) >= 11 is 0. The number of ketones is 1. The average molecular weight is 124 g/mol. The van der Waals surface area contributed by atoms with Crippen LogP contribution in [0.5, 0.6) is 0 Å². The largest absolute Gasteiger partial charge is 0.300 e. The molecule has 0 saturated heterocycles. The van der Waals surface area contributed by atoms with Gasteiger partial charge in [-0.15, -0.1) is 0 Å². The van der Waals surface area contributed by atoms with Gasteiger partial charge in [0, 0.05) is 5.92 Å². The zero-order valence-electron chi connectivity index (χ0n) is 5.98. The smallest absolute Gasteiger partial charge is 0.132 e. The van der Waals surface area contributed by atoms with Crippen molar-refractivity contribution in [2.75, 3.05) is 0 Å². The Hall–Kier alpha value is -0.590. The van der Waals surface area contributed by atoms with E-state index in [0.29, 0.717) is 5.78 Å². The van der Waals surface area contributed by atoms with Crippen LogP contribution in [0.3, 0.4) is 0 Å². The number of hydrogen-bond donors (Lipinski definition) is 0. The molecule has 0 heterocycles. The van der Waals surface area contributed by atoms with Gasteiger partial charge in [0.25, 0.3) is 0 Å². The molecule has 1 atom stereocenters. The quantitative estimate of drug-likeness (QED) is 0.525. The highest BCUT2D eigenvalue weighted by molar-refractivity contribution is 5.78. The molecule has 1 nitrogen and oxygen atoms in total. The van der Waals surface area contributed by atoms with Crippen LogP contribution < -0.4 is 0 Å². The minimum atomic E-state index is 0.249. The van der Waals surface area contributed by atoms with Crippen LogP contribution in [0.15, 0.2) is 11.6 Å². The van der Waals surface area contributed by atoms with Gasteiger partial charge in [-0.05, 0) is 19.8 Å². The van der Waals surface area contributed by atoms with Gasteiger partial charge in [-0.3, -0.25) is 4.79 Å². The topological polar surface area (TPSA) is 17.1 Å². The highest BCUT2D eigenvalue weighted by Crippen LogP contribution is 2.26. The van der Waals surface area contributed by atoms with Crippen molar-refractivity contribution in [2.45, 2.75) is 26.7 Å². The number of carbonyl (C=O) groups is 1. The lowest BCUT2D eigenvalue weighted by atomic mass is 10.0. The Balaban J connectivity index is 2.25. The van der Waals surface area contributed by atoms with E-state index in [1.54, 1.807) is 6.92 Å². The first-order valence-electron chi connectivity index (χ1n) is 3.38. The standard InChI is InChI=1S/C8H12O/c1-6(7(2)9)5-8-3-4-8/h3,6H,4-5H2,1-2H3/t6-/m1/s1. The SMILES string of the molecule is CC(=O)[C@H](C)CC1=CC1. The van der Waals surface area contributed by atoms with Crippen molar-refractivity contribution in [3.05, 3.63) is 11.6 Å². The molecule has 0 aromatic carbocycles. The Morgan fingerprint density at radius 3 is 2.78 bits per heavy atom. The molecule has 0 radical (unpaired) electrons. The lowest BCUT2D eigenvalue weighted by molar-refractivity contribution is -0.120. The van der Waals surface area contributed by atoms with E-state index in [4.69, 9.17) is 0 Å². The maximum Gasteiger partial charge on any atom is 0.132 e. The summed E-state index contributed by atoms with van der Waals surface area (Å²) < 4.78 is 0. The van der Waals surface area contributed by atoms with Crippen molar-refractivity contribution in [1.82, 2.24) is 0 Å². The zero-order chi connectivity index (χ0) is 6.85. The summed E-state index contributed by atoms with van der Waals surface area (Å²) in [5.74, 6) is 0.557. The van der Waals surface area contributed by atoms with Gasteiger partial charge in [0.2, 0.25) is 0 Å². The number of carbonyl (C=O) groups excluding carboxylic acids is 1. The van der Waals surface area contributed by atoms with Gasteiger partial charge < -0.3 is 0 Å². The van der Waals surface area contributed by atoms with Gasteiger partial charge in [0.1, 0.15) is 5.78 Å². The lowest BCUT2D eigenvalue weighted by Crippen LogP contribution is -2.04. The van der Waals surface area contributed by atoms with Gasteiger partial charge in [-0.25, -0.2) is 0 Å². The summed E-state index contributed by atoms with van der Waals surface area (Å²) in [6.07, 6.45) is 4.33. The molecule has 50 valence electrons. The molecule has 1 heteroatoms. The van der Waals surface area contributed by atoms with Gasteiger partial charge in [-0.2, -0.15) is 0 Å². The number of rotatable bonds is 3. The molecule has 0 saturated carbocycles. The van der Waals surface area contributed by atoms with Crippen LogP contribution in [0, 0.1) is 5.92 Å². The molecule has 0 aliphatic heterocycles. The zero-order valence-corrected chi connectivity index (χ0v) is 5.98. The second-order valence-electron chi connectivity index (χ2n) is 2.78. The fourth-order valence-corrected chi connectivity index (χ4v) is 0.776. The second kappa shape index (κ2) is 2.34. The third-order valence-corrected chi connectivity index (χ3v) is 1.76. The summed E-state index contributed by atoms with van der Waals surface area (Å²) in [4.78, 5) is 10.7. The fourth-order valence-electron chi connectivity index (χ4n) is 0.776. The van der Waals surface area contributed by atoms with Crippen LogP contribution in [0.1, 0.15) is 26.7 Å². The van der Waals surface area contributed by atoms with Crippen LogP contribution in [-0.4, -0.2) is 5.78 Å². The predicted octanol–water partition coefficient (Wildman–Crippen LogP) is 1.93. The molecule has 1 rings (SSSR count). The molecular formula is C8H12O. The highest BCUT2D eigenvalue weighted by Gasteiger charge is 2.14. The van der Waals surface area contributed by atoms with Gasteiger partial charge in [-0.1, -0.05) is 18.6 Å². The third-order valence-electron chi connectivity index (χ3n) is 1.76. The summed E-state index contributed by atoms with van der Waals surface area (Å²) in [6.45, 7) is 3.65. The van der Waals surface area contributed by atoms with Crippen LogP contribution in [0.2, 0.25) is 0 Å². The Bertz CT molecular complexity index is 156. The second-order valence-corrected chi connectivity index (χ2v) is 2.78. The van der Waals surface area contributed by atoms with E-state index in [2.05, 4.69) is 6.08 Å². The van der Waals surface area contributed by atoms with Crippen LogP contribution in [-0.2, 0) is 4.79 Å². The van der Waals surface area contributed by atoms with Crippen molar-refractivity contribution >= 4 is 5.78 Å². The van der Waals surface area contributed by atoms with E-state index in [1.807, 2.05) is 6.92 Å². The van der Waals surface area contributed by atoms with E-state index in [0.717, 1.165) is 12.8 Å². The first-order chi connectivity index (χ1) is 4.20. The number of hydrogen-bond acceptors (Lipinski definition) is 1. The molecule has 0 bridgehead atoms. The fraction of sp³-hybridized carbons (Fsp3) is 0.625. The molecule has 0 amide bonds. The van der Waals surface area contributed by atoms with E-state index in [9.17, 15) is 4.79 Å². The summed E-state index contributed by atoms with van der Waals surface area (Å²) in [5.41, 5.74) is 1.46. The summed E-state index contributed by atoms with van der Waals surface area (Å²) in [5, 5.41) is 0. The average Bonchev–Trinajstić information content (AvgIpc) is 2.50. The molecule has 0 unspecified atom stereocenters. The minimum absolute atomic E-state index is 0.249. The Labute approximate surface area is 55.8 Å². The number of allylic oxidation sites excluding steroid dienone is 2. The molecule has 1 aliphatic rings. The first-order valence-corrected chi connectivity index (χ1v) is 3.38. The Morgan fingerprint density at radius 1 is 1.89 bits per heavy atom. The van der Waals surface area contributed by atoms with E-state index in [1.165, 1.54) is 5.57 Å². The lowest BCUT2D eigenvalue weighted by Gasteiger charge is -2.01. The van der Waals surface area contributed by atoms with Crippen LogP contribution in [0.25, 0.3) is 0 Å². The maximum absolute atomic E-state index is 10.7. The predicted molar refractivity (Wildman–Crippen MR) is 37.2 cm³/mol. The molecule has 9 heavy (non-hydrogen) atoms. The van der Waals surface area contributed by atoms with E-state index >= 15 is 0 Å². The normalized spacial score (nSPS) is 18.7. The Morgan fingerprint density at radius 2 is 2.44 bits per heavy atom. The summed E-state index contributed by atoms with van der Waals surface area (Å²) in [6, 6.07) is 0. The van der Waals surface area contributed by atoms with E-state index < -0.39 is 0 Å². The van der Waals surface area contributed by atoms with Gasteiger partial charge >= 0.3 is 0 Å². The van der Waals surface area contributed by atoms with Crippen LogP contribution >= 0.6 is 0 Å². The molecule has 0 aromatic rings. The molecular weight excluding hydrogens is 112 g/mol. The minimum Gasteiger partial charge on any atom is -0.300 e. The monoisotopic (exact) mass is 124 g/mol. The van der Waals surface area contributed by atoms with Crippen molar-refractivity contribution in [2.24, 2.45) is 5.92 Å². The highest BCUT2D eigenvalue weighted by atomic mass is 16.1. The van der Waals surface area contributed by atoms with Crippen LogP contribution in [0.4, 0.5) is 0 Å². The first kappa shape index (κ1) is 6.53. The van der Waals surface area contributed by atoms with Crippen molar-refractivity contribution < 1.29 is 4.79 Å². The molecule has 0 aromatic heterocycles. The van der Waals surface area contributed by atoms with E-state index in [-0.39, 0.29) is 5.92 Å². The molecule has 0 spiro atoms. The molecule has 0 N–H and O–H groups in total. The summed E-state index contributed by atoms with van der Waals surface area (Å²) in [7, 11) is 0. The third kappa shape index (κ3) is 2.00. The van der Waals surface area contributed by atoms with Crippen molar-refractivity contribution in [3.63, 3.8) is 0 Å². The van der Waals surface area contributed by atoms with Gasteiger partial charge in [0.15, 0.2) is 0 Å².